The number of nitrogens with zero attached hydrogens (tertiary/aromatic N) is 3. The number of hydrogen-bond acceptors (Lipinski definition) is 7. The Labute approximate surface area is 110 Å². The molecule has 0 radical (unpaired) electrons. The van der Waals surface area contributed by atoms with Gasteiger partial charge in [0.25, 0.3) is 0 Å². The molecule has 0 atom stereocenters. The molecule has 0 fully saturated rings. The lowest BCUT2D eigenvalue weighted by molar-refractivity contribution is -0.383. The zero-order valence-corrected chi connectivity index (χ0v) is 9.80. The van der Waals surface area contributed by atoms with E-state index in [4.69, 9.17) is 5.84 Å². The van der Waals surface area contributed by atoms with Crippen molar-refractivity contribution in [3.8, 4) is 0 Å². The Hall–Kier alpha value is -2.88. The first-order valence-electron chi connectivity index (χ1n) is 5.21. The minimum absolute atomic E-state index is 0.288. The van der Waals surface area contributed by atoms with Crippen molar-refractivity contribution in [2.24, 2.45) is 5.84 Å². The molecule has 2 rings (SSSR count). The van der Waals surface area contributed by atoms with Crippen molar-refractivity contribution in [2.75, 3.05) is 10.7 Å². The fraction of sp³-hybridized carbons (Fsp3) is 0. The van der Waals surface area contributed by atoms with E-state index in [1.807, 2.05) is 5.43 Å². The van der Waals surface area contributed by atoms with Crippen LogP contribution in [-0.2, 0) is 0 Å². The summed E-state index contributed by atoms with van der Waals surface area (Å²) in [4.78, 5) is 17.3. The van der Waals surface area contributed by atoms with Crippen LogP contribution in [0.15, 0.2) is 24.5 Å². The monoisotopic (exact) mass is 282 g/mol. The molecule has 20 heavy (non-hydrogen) atoms. The number of benzene rings is 1. The number of nitrogens with one attached hydrogen (secondary N) is 2. The molecule has 1 aromatic carbocycles. The minimum Gasteiger partial charge on any atom is -0.329 e. The van der Waals surface area contributed by atoms with Crippen molar-refractivity contribution in [1.29, 1.82) is 0 Å². The third-order valence-corrected chi connectivity index (χ3v) is 2.35. The highest BCUT2D eigenvalue weighted by Gasteiger charge is 2.24. The number of rotatable bonds is 4. The Bertz CT molecular complexity index is 646. The van der Waals surface area contributed by atoms with Gasteiger partial charge in [0, 0.05) is 0 Å². The second-order valence-electron chi connectivity index (χ2n) is 3.54. The fourth-order valence-corrected chi connectivity index (χ4v) is 1.48. The SMILES string of the molecule is NNc1ncnc(Nc2c(F)cccc2F)c1[N+](=O)[O-]. The third kappa shape index (κ3) is 2.44. The molecule has 0 aliphatic carbocycles. The molecule has 8 nitrogen and oxygen atoms in total. The molecule has 0 saturated heterocycles. The lowest BCUT2D eigenvalue weighted by atomic mass is 10.3. The van der Waals surface area contributed by atoms with Crippen LogP contribution >= 0.6 is 0 Å². The molecule has 0 unspecified atom stereocenters. The molecule has 4 N–H and O–H groups in total. The number of hydrogen-bond donors (Lipinski definition) is 3. The average Bonchev–Trinajstić information content (AvgIpc) is 2.42. The third-order valence-electron chi connectivity index (χ3n) is 2.35. The molecule has 1 aromatic heterocycles. The molecular weight excluding hydrogens is 274 g/mol. The highest BCUT2D eigenvalue weighted by atomic mass is 19.1. The van der Waals surface area contributed by atoms with Gasteiger partial charge >= 0.3 is 5.69 Å². The Morgan fingerprint density at radius 1 is 1.20 bits per heavy atom. The number of hydrazine groups is 1. The number of nitro groups is 1. The van der Waals surface area contributed by atoms with Gasteiger partial charge in [-0.3, -0.25) is 10.1 Å². The normalized spacial score (nSPS) is 10.2. The molecule has 0 amide bonds. The fourth-order valence-electron chi connectivity index (χ4n) is 1.48. The Kier molecular flexibility index (Phi) is 3.66. The van der Waals surface area contributed by atoms with Crippen LogP contribution in [0.2, 0.25) is 0 Å². The average molecular weight is 282 g/mol. The van der Waals surface area contributed by atoms with Crippen LogP contribution in [0.5, 0.6) is 0 Å². The largest absolute Gasteiger partial charge is 0.354 e. The van der Waals surface area contributed by atoms with Crippen molar-refractivity contribution in [1.82, 2.24) is 9.97 Å². The summed E-state index contributed by atoms with van der Waals surface area (Å²) < 4.78 is 27.0. The first-order valence-corrected chi connectivity index (χ1v) is 5.21. The molecule has 1 heterocycles. The molecule has 10 heteroatoms. The van der Waals surface area contributed by atoms with E-state index in [-0.39, 0.29) is 11.6 Å². The summed E-state index contributed by atoms with van der Waals surface area (Å²) >= 11 is 0. The molecule has 0 bridgehead atoms. The van der Waals surface area contributed by atoms with E-state index < -0.39 is 27.9 Å². The van der Waals surface area contributed by atoms with E-state index in [0.29, 0.717) is 0 Å². The highest BCUT2D eigenvalue weighted by Crippen LogP contribution is 2.32. The smallest absolute Gasteiger partial charge is 0.329 e. The van der Waals surface area contributed by atoms with Crippen molar-refractivity contribution < 1.29 is 13.7 Å². The van der Waals surface area contributed by atoms with Crippen molar-refractivity contribution in [3.63, 3.8) is 0 Å². The number of aromatic nitrogens is 2. The first-order chi connectivity index (χ1) is 9.54. The molecular formula is C10H8F2N6O2. The predicted molar refractivity (Wildman–Crippen MR) is 66.1 cm³/mol. The lowest BCUT2D eigenvalue weighted by Gasteiger charge is -2.09. The summed E-state index contributed by atoms with van der Waals surface area (Å²) in [6, 6.07) is 3.16. The summed E-state index contributed by atoms with van der Waals surface area (Å²) in [5, 5.41) is 13.2. The summed E-state index contributed by atoms with van der Waals surface area (Å²) in [5.74, 6) is 2.58. The zero-order valence-electron chi connectivity index (χ0n) is 9.80. The van der Waals surface area contributed by atoms with Crippen molar-refractivity contribution in [2.45, 2.75) is 0 Å². The summed E-state index contributed by atoms with van der Waals surface area (Å²) in [6.07, 6.45) is 0.962. The minimum atomic E-state index is -0.917. The number of para-hydroxylation sites is 1. The Morgan fingerprint density at radius 2 is 1.80 bits per heavy atom. The summed E-state index contributed by atoms with van der Waals surface area (Å²) in [6.45, 7) is 0. The van der Waals surface area contributed by atoms with E-state index in [1.165, 1.54) is 0 Å². The van der Waals surface area contributed by atoms with Crippen LogP contribution in [0.25, 0.3) is 0 Å². The van der Waals surface area contributed by atoms with Crippen LogP contribution in [-0.4, -0.2) is 14.9 Å². The van der Waals surface area contributed by atoms with E-state index in [1.54, 1.807) is 0 Å². The van der Waals surface area contributed by atoms with Crippen LogP contribution < -0.4 is 16.6 Å². The molecule has 2 aromatic rings. The van der Waals surface area contributed by atoms with Gasteiger partial charge in [-0.05, 0) is 12.1 Å². The molecule has 0 saturated carbocycles. The number of nitrogens with two attached hydrogens (primary N) is 1. The van der Waals surface area contributed by atoms with Gasteiger partial charge in [-0.1, -0.05) is 6.07 Å². The van der Waals surface area contributed by atoms with Crippen molar-refractivity contribution in [3.05, 3.63) is 46.3 Å². The standard InChI is InChI=1S/C10H8F2N6O2/c11-5-2-1-3-6(12)7(5)16-9-8(18(19)20)10(17-13)15-4-14-9/h1-4H,13H2,(H2,14,15,16,17). The van der Waals surface area contributed by atoms with Crippen LogP contribution in [0.4, 0.5) is 31.8 Å². The second-order valence-corrected chi connectivity index (χ2v) is 3.54. The highest BCUT2D eigenvalue weighted by molar-refractivity contribution is 5.73. The van der Waals surface area contributed by atoms with E-state index in [2.05, 4.69) is 15.3 Å². The Morgan fingerprint density at radius 3 is 2.35 bits per heavy atom. The van der Waals surface area contributed by atoms with Gasteiger partial charge in [0.15, 0.2) is 0 Å². The maximum Gasteiger partial charge on any atom is 0.354 e. The van der Waals surface area contributed by atoms with Crippen molar-refractivity contribution >= 4 is 23.0 Å². The number of halogens is 2. The van der Waals surface area contributed by atoms with Gasteiger partial charge < -0.3 is 10.7 Å². The van der Waals surface area contributed by atoms with Crippen LogP contribution in [0.1, 0.15) is 0 Å². The second kappa shape index (κ2) is 5.40. The van der Waals surface area contributed by atoms with Gasteiger partial charge in [0.1, 0.15) is 23.6 Å². The number of anilines is 3. The van der Waals surface area contributed by atoms with Gasteiger partial charge in [0.05, 0.1) is 4.92 Å². The molecule has 104 valence electrons. The van der Waals surface area contributed by atoms with Gasteiger partial charge in [-0.15, -0.1) is 0 Å². The first kappa shape index (κ1) is 13.5. The van der Waals surface area contributed by atoms with Gasteiger partial charge in [-0.25, -0.2) is 24.6 Å². The number of nitrogen functional groups attached to an aromatic ring is 1. The van der Waals surface area contributed by atoms with Gasteiger partial charge in [0.2, 0.25) is 11.6 Å². The van der Waals surface area contributed by atoms with E-state index in [9.17, 15) is 18.9 Å². The quantitative estimate of drug-likeness (QED) is 0.443. The molecule has 0 aliphatic rings. The van der Waals surface area contributed by atoms with E-state index in [0.717, 1.165) is 24.5 Å². The lowest BCUT2D eigenvalue weighted by Crippen LogP contribution is -2.13. The maximum atomic E-state index is 13.5. The molecule has 0 aliphatic heterocycles. The van der Waals surface area contributed by atoms with Gasteiger partial charge in [-0.2, -0.15) is 0 Å². The summed E-state index contributed by atoms with van der Waals surface area (Å²) in [5.41, 5.74) is 0.827. The van der Waals surface area contributed by atoms with Crippen LogP contribution in [0, 0.1) is 21.7 Å². The van der Waals surface area contributed by atoms with E-state index >= 15 is 0 Å². The molecule has 0 spiro atoms. The summed E-state index contributed by atoms with van der Waals surface area (Å²) in [7, 11) is 0. The topological polar surface area (TPSA) is 119 Å². The van der Waals surface area contributed by atoms with Crippen LogP contribution in [0.3, 0.4) is 0 Å². The predicted octanol–water partition coefficient (Wildman–Crippen LogP) is 1.69. The maximum absolute atomic E-state index is 13.5. The zero-order chi connectivity index (χ0) is 14.7. The Balaban J connectivity index is 2.51.